The van der Waals surface area contributed by atoms with Crippen LogP contribution in [0.15, 0.2) is 36.9 Å². The summed E-state index contributed by atoms with van der Waals surface area (Å²) in [6.45, 7) is 0.244. The highest BCUT2D eigenvalue weighted by Crippen LogP contribution is 2.33. The Kier molecular flexibility index (Phi) is 4.82. The van der Waals surface area contributed by atoms with Gasteiger partial charge in [0.25, 0.3) is 5.91 Å². The normalized spacial score (nSPS) is 17.6. The maximum atomic E-state index is 12.7. The van der Waals surface area contributed by atoms with Crippen LogP contribution in [0.5, 0.6) is 0 Å². The molecule has 1 N–H and O–H groups in total. The molecule has 0 aromatic carbocycles. The largest absolute Gasteiger partial charge is 0.393 e. The van der Waals surface area contributed by atoms with E-state index in [1.54, 1.807) is 12.4 Å². The summed E-state index contributed by atoms with van der Waals surface area (Å²) < 4.78 is 38.1. The van der Waals surface area contributed by atoms with Crippen LogP contribution in [0.1, 0.15) is 22.3 Å². The number of alkyl halides is 3. The maximum Gasteiger partial charge on any atom is 0.393 e. The first-order chi connectivity index (χ1) is 11.9. The third-order valence-corrected chi connectivity index (χ3v) is 4.01. The summed E-state index contributed by atoms with van der Waals surface area (Å²) in [5.74, 6) is -1.61. The van der Waals surface area contributed by atoms with E-state index in [2.05, 4.69) is 20.3 Å². The van der Waals surface area contributed by atoms with Gasteiger partial charge in [0.2, 0.25) is 5.95 Å². The molecule has 132 valence electrons. The van der Waals surface area contributed by atoms with Crippen molar-refractivity contribution in [1.29, 1.82) is 0 Å². The van der Waals surface area contributed by atoms with E-state index in [0.717, 1.165) is 5.56 Å². The highest BCUT2D eigenvalue weighted by molar-refractivity contribution is 5.93. The van der Waals surface area contributed by atoms with Crippen LogP contribution >= 0.6 is 0 Å². The molecular weight excluding hydrogens is 335 g/mol. The second-order valence-corrected chi connectivity index (χ2v) is 5.79. The van der Waals surface area contributed by atoms with Crippen LogP contribution in [0.3, 0.4) is 0 Å². The van der Waals surface area contributed by atoms with E-state index in [4.69, 9.17) is 0 Å². The Labute approximate surface area is 142 Å². The van der Waals surface area contributed by atoms with Crippen molar-refractivity contribution in [1.82, 2.24) is 19.9 Å². The van der Waals surface area contributed by atoms with Gasteiger partial charge >= 0.3 is 6.18 Å². The number of rotatable bonds is 4. The molecule has 1 fully saturated rings. The maximum absolute atomic E-state index is 12.7. The van der Waals surface area contributed by atoms with Gasteiger partial charge in [0.15, 0.2) is 0 Å². The number of carbonyl (C=O) groups excluding carboxylic acids is 1. The Hall–Kier alpha value is -2.71. The van der Waals surface area contributed by atoms with Crippen molar-refractivity contribution in [3.63, 3.8) is 0 Å². The standard InChI is InChI=1S/C16H16F3N5O/c17-16(18,19)13-3-5-24(10-13)14(25)12-8-22-15(23-9-12)21-7-11-2-1-4-20-6-11/h1-2,4,6,8-9,13H,3,5,7,10H2,(H,21,22,23). The number of carbonyl (C=O) groups is 1. The Balaban J connectivity index is 1.58. The van der Waals surface area contributed by atoms with Gasteiger partial charge in [-0.25, -0.2) is 9.97 Å². The Bertz CT molecular complexity index is 721. The Morgan fingerprint density at radius 2 is 2.04 bits per heavy atom. The van der Waals surface area contributed by atoms with Gasteiger partial charge in [0.1, 0.15) is 0 Å². The van der Waals surface area contributed by atoms with Gasteiger partial charge < -0.3 is 10.2 Å². The second kappa shape index (κ2) is 7.04. The number of amides is 1. The van der Waals surface area contributed by atoms with E-state index in [-0.39, 0.29) is 25.1 Å². The average molecular weight is 351 g/mol. The molecule has 1 atom stereocenters. The average Bonchev–Trinajstić information content (AvgIpc) is 3.11. The zero-order chi connectivity index (χ0) is 17.9. The van der Waals surface area contributed by atoms with Gasteiger partial charge in [0.05, 0.1) is 11.5 Å². The zero-order valence-electron chi connectivity index (χ0n) is 13.2. The van der Waals surface area contributed by atoms with E-state index >= 15 is 0 Å². The van der Waals surface area contributed by atoms with E-state index < -0.39 is 18.0 Å². The molecule has 3 rings (SSSR count). The lowest BCUT2D eigenvalue weighted by atomic mass is 10.1. The molecule has 3 heterocycles. The first-order valence-electron chi connectivity index (χ1n) is 7.74. The van der Waals surface area contributed by atoms with Crippen molar-refractivity contribution >= 4 is 11.9 Å². The van der Waals surface area contributed by atoms with Gasteiger partial charge in [-0.05, 0) is 18.1 Å². The smallest absolute Gasteiger partial charge is 0.350 e. The minimum absolute atomic E-state index is 0.0686. The molecule has 2 aromatic heterocycles. The minimum atomic E-state index is -4.27. The van der Waals surface area contributed by atoms with Crippen LogP contribution in [0, 0.1) is 5.92 Å². The van der Waals surface area contributed by atoms with Crippen LogP contribution in [-0.4, -0.2) is 45.0 Å². The summed E-state index contributed by atoms with van der Waals surface area (Å²) >= 11 is 0. The first kappa shape index (κ1) is 17.1. The SMILES string of the molecule is O=C(c1cnc(NCc2cccnc2)nc1)N1CCC(C(F)(F)F)C1. The lowest BCUT2D eigenvalue weighted by Gasteiger charge is -2.17. The molecule has 0 spiro atoms. The lowest BCUT2D eigenvalue weighted by Crippen LogP contribution is -2.32. The molecule has 9 heteroatoms. The Morgan fingerprint density at radius 1 is 1.28 bits per heavy atom. The van der Waals surface area contributed by atoms with Gasteiger partial charge in [-0.1, -0.05) is 6.07 Å². The molecule has 1 saturated heterocycles. The molecular formula is C16H16F3N5O. The molecule has 25 heavy (non-hydrogen) atoms. The summed E-state index contributed by atoms with van der Waals surface area (Å²) in [5, 5.41) is 2.99. The van der Waals surface area contributed by atoms with Crippen molar-refractivity contribution in [2.75, 3.05) is 18.4 Å². The summed E-state index contributed by atoms with van der Waals surface area (Å²) in [4.78, 5) is 25.5. The summed E-state index contributed by atoms with van der Waals surface area (Å²) in [6, 6.07) is 3.70. The third-order valence-electron chi connectivity index (χ3n) is 4.01. The molecule has 6 nitrogen and oxygen atoms in total. The predicted molar refractivity (Wildman–Crippen MR) is 83.7 cm³/mol. The van der Waals surface area contributed by atoms with Gasteiger partial charge in [-0.15, -0.1) is 0 Å². The number of nitrogens with zero attached hydrogens (tertiary/aromatic N) is 4. The van der Waals surface area contributed by atoms with E-state index in [1.807, 2.05) is 12.1 Å². The summed E-state index contributed by atoms with van der Waals surface area (Å²) in [7, 11) is 0. The van der Waals surface area contributed by atoms with Gasteiger partial charge in [-0.2, -0.15) is 13.2 Å². The zero-order valence-corrected chi connectivity index (χ0v) is 13.2. The van der Waals surface area contributed by atoms with Crippen LogP contribution in [0.4, 0.5) is 19.1 Å². The molecule has 0 radical (unpaired) electrons. The fourth-order valence-electron chi connectivity index (χ4n) is 2.61. The summed E-state index contributed by atoms with van der Waals surface area (Å²) in [6.07, 6.45) is 1.67. The highest BCUT2D eigenvalue weighted by Gasteiger charge is 2.44. The van der Waals surface area contributed by atoms with E-state index in [0.29, 0.717) is 12.5 Å². The van der Waals surface area contributed by atoms with Crippen LogP contribution in [0.25, 0.3) is 0 Å². The van der Waals surface area contributed by atoms with Gasteiger partial charge in [-0.3, -0.25) is 9.78 Å². The molecule has 0 bridgehead atoms. The predicted octanol–water partition coefficient (Wildman–Crippen LogP) is 2.51. The number of pyridine rings is 1. The quantitative estimate of drug-likeness (QED) is 0.916. The van der Waals surface area contributed by atoms with Gasteiger partial charge in [0, 0.05) is 44.4 Å². The number of nitrogens with one attached hydrogen (secondary N) is 1. The minimum Gasteiger partial charge on any atom is -0.350 e. The topological polar surface area (TPSA) is 71.0 Å². The van der Waals surface area contributed by atoms with Crippen molar-refractivity contribution in [2.24, 2.45) is 5.92 Å². The van der Waals surface area contributed by atoms with Crippen LogP contribution in [0.2, 0.25) is 0 Å². The number of aromatic nitrogens is 3. The van der Waals surface area contributed by atoms with Crippen molar-refractivity contribution in [2.45, 2.75) is 19.1 Å². The van der Waals surface area contributed by atoms with Crippen molar-refractivity contribution < 1.29 is 18.0 Å². The fourth-order valence-corrected chi connectivity index (χ4v) is 2.61. The number of halogens is 3. The molecule has 1 unspecified atom stereocenters. The molecule has 2 aromatic rings. The number of anilines is 1. The lowest BCUT2D eigenvalue weighted by molar-refractivity contribution is -0.169. The molecule has 1 aliphatic rings. The van der Waals surface area contributed by atoms with Crippen LogP contribution < -0.4 is 5.32 Å². The van der Waals surface area contributed by atoms with Crippen LogP contribution in [-0.2, 0) is 6.54 Å². The Morgan fingerprint density at radius 3 is 2.64 bits per heavy atom. The monoisotopic (exact) mass is 351 g/mol. The molecule has 1 aliphatic heterocycles. The highest BCUT2D eigenvalue weighted by atomic mass is 19.4. The third kappa shape index (κ3) is 4.23. The summed E-state index contributed by atoms with van der Waals surface area (Å²) in [5.41, 5.74) is 1.12. The fraction of sp³-hybridized carbons (Fsp3) is 0.375. The second-order valence-electron chi connectivity index (χ2n) is 5.79. The number of hydrogen-bond donors (Lipinski definition) is 1. The van der Waals surface area contributed by atoms with Crippen molar-refractivity contribution in [3.8, 4) is 0 Å². The molecule has 0 saturated carbocycles. The number of likely N-dealkylation sites (tertiary alicyclic amines) is 1. The number of hydrogen-bond acceptors (Lipinski definition) is 5. The van der Waals surface area contributed by atoms with Crippen molar-refractivity contribution in [3.05, 3.63) is 48.0 Å². The van der Waals surface area contributed by atoms with E-state index in [1.165, 1.54) is 17.3 Å². The molecule has 0 aliphatic carbocycles. The van der Waals surface area contributed by atoms with E-state index in [9.17, 15) is 18.0 Å². The first-order valence-corrected chi connectivity index (χ1v) is 7.74. The molecule has 1 amide bonds.